The quantitative estimate of drug-likeness (QED) is 0.856. The molecule has 0 amide bonds. The second kappa shape index (κ2) is 4.17. The maximum Gasteiger partial charge on any atom is 0.195 e. The van der Waals surface area contributed by atoms with Gasteiger partial charge in [0, 0.05) is 23.5 Å². The monoisotopic (exact) mass is 282 g/mol. The van der Waals surface area contributed by atoms with Crippen LogP contribution < -0.4 is 0 Å². The Labute approximate surface area is 116 Å². The Morgan fingerprint density at radius 2 is 1.72 bits per heavy atom. The van der Waals surface area contributed by atoms with Gasteiger partial charge in [-0.3, -0.25) is 0 Å². The second-order valence-electron chi connectivity index (χ2n) is 5.39. The minimum Gasteiger partial charge on any atom is -0.362 e. The van der Waals surface area contributed by atoms with Crippen molar-refractivity contribution < 1.29 is 9.84 Å². The van der Waals surface area contributed by atoms with E-state index in [1.165, 1.54) is 0 Å². The molecule has 2 aliphatic heterocycles. The van der Waals surface area contributed by atoms with E-state index in [0.29, 0.717) is 6.42 Å². The SMILES string of the molecule is CC1(C)OC(O)(c2ccccc2)CC12SCCS2. The highest BCUT2D eigenvalue weighted by molar-refractivity contribution is 8.21. The lowest BCUT2D eigenvalue weighted by molar-refractivity contribution is -0.223. The van der Waals surface area contributed by atoms with Gasteiger partial charge in [0.25, 0.3) is 0 Å². The Balaban J connectivity index is 1.98. The number of ether oxygens (including phenoxy) is 1. The third-order valence-corrected chi connectivity index (χ3v) is 7.78. The van der Waals surface area contributed by atoms with Gasteiger partial charge >= 0.3 is 0 Å². The summed E-state index contributed by atoms with van der Waals surface area (Å²) in [5, 5.41) is 10.9. The lowest BCUT2D eigenvalue weighted by atomic mass is 9.99. The Hall–Kier alpha value is -0.160. The van der Waals surface area contributed by atoms with Crippen molar-refractivity contribution in [1.82, 2.24) is 0 Å². The van der Waals surface area contributed by atoms with Crippen molar-refractivity contribution in [2.45, 2.75) is 35.7 Å². The molecule has 1 N–H and O–H groups in total. The third kappa shape index (κ3) is 1.82. The van der Waals surface area contributed by atoms with Gasteiger partial charge in [0.2, 0.25) is 0 Å². The third-order valence-electron chi connectivity index (χ3n) is 3.79. The van der Waals surface area contributed by atoms with Crippen LogP contribution in [-0.4, -0.2) is 26.3 Å². The molecular formula is C14H18O2S2. The molecule has 0 radical (unpaired) electrons. The molecule has 18 heavy (non-hydrogen) atoms. The van der Waals surface area contributed by atoms with Crippen LogP contribution in [0.2, 0.25) is 0 Å². The van der Waals surface area contributed by atoms with Crippen molar-refractivity contribution in [3.63, 3.8) is 0 Å². The van der Waals surface area contributed by atoms with E-state index in [2.05, 4.69) is 13.8 Å². The van der Waals surface area contributed by atoms with Crippen LogP contribution in [0.5, 0.6) is 0 Å². The molecule has 0 saturated carbocycles. The Bertz CT molecular complexity index is 440. The molecule has 2 fully saturated rings. The van der Waals surface area contributed by atoms with Gasteiger partial charge in [0.1, 0.15) is 0 Å². The van der Waals surface area contributed by atoms with E-state index in [9.17, 15) is 5.11 Å². The zero-order valence-corrected chi connectivity index (χ0v) is 12.3. The largest absolute Gasteiger partial charge is 0.362 e. The summed E-state index contributed by atoms with van der Waals surface area (Å²) >= 11 is 3.87. The van der Waals surface area contributed by atoms with E-state index in [0.717, 1.165) is 17.1 Å². The van der Waals surface area contributed by atoms with E-state index < -0.39 is 5.79 Å². The van der Waals surface area contributed by atoms with E-state index in [4.69, 9.17) is 4.74 Å². The molecule has 3 rings (SSSR count). The van der Waals surface area contributed by atoms with Crippen LogP contribution in [0.4, 0.5) is 0 Å². The molecule has 1 aromatic rings. The molecule has 1 spiro atoms. The molecule has 1 unspecified atom stereocenters. The number of hydrogen-bond donors (Lipinski definition) is 1. The van der Waals surface area contributed by atoms with Crippen molar-refractivity contribution in [1.29, 1.82) is 0 Å². The zero-order chi connectivity index (χ0) is 12.9. The number of benzene rings is 1. The molecule has 98 valence electrons. The first-order valence-corrected chi connectivity index (χ1v) is 8.21. The molecule has 1 atom stereocenters. The number of rotatable bonds is 1. The van der Waals surface area contributed by atoms with Gasteiger partial charge in [-0.15, -0.1) is 23.5 Å². The van der Waals surface area contributed by atoms with Crippen molar-refractivity contribution >= 4 is 23.5 Å². The van der Waals surface area contributed by atoms with Crippen LogP contribution in [0.3, 0.4) is 0 Å². The van der Waals surface area contributed by atoms with E-state index in [1.807, 2.05) is 53.9 Å². The smallest absolute Gasteiger partial charge is 0.195 e. The predicted octanol–water partition coefficient (Wildman–Crippen LogP) is 3.21. The maximum absolute atomic E-state index is 10.9. The summed E-state index contributed by atoms with van der Waals surface area (Å²) < 4.78 is 6.06. The summed E-state index contributed by atoms with van der Waals surface area (Å²) in [5.41, 5.74) is 0.548. The summed E-state index contributed by atoms with van der Waals surface area (Å²) in [6.07, 6.45) is 0.659. The fraction of sp³-hybridized carbons (Fsp3) is 0.571. The average Bonchev–Trinajstić information content (AvgIpc) is 2.86. The lowest BCUT2D eigenvalue weighted by Crippen LogP contribution is -2.39. The van der Waals surface area contributed by atoms with Crippen LogP contribution in [0, 0.1) is 0 Å². The van der Waals surface area contributed by atoms with Gasteiger partial charge < -0.3 is 9.84 Å². The minimum absolute atomic E-state index is 0.0163. The van der Waals surface area contributed by atoms with E-state index >= 15 is 0 Å². The normalized spacial score (nSPS) is 33.1. The maximum atomic E-state index is 10.9. The van der Waals surface area contributed by atoms with Gasteiger partial charge in [0.15, 0.2) is 5.79 Å². The molecule has 0 aliphatic carbocycles. The molecule has 2 aliphatic rings. The van der Waals surface area contributed by atoms with Crippen LogP contribution >= 0.6 is 23.5 Å². The Morgan fingerprint density at radius 3 is 2.33 bits per heavy atom. The number of hydrogen-bond acceptors (Lipinski definition) is 4. The van der Waals surface area contributed by atoms with Crippen molar-refractivity contribution in [3.05, 3.63) is 35.9 Å². The standard InChI is InChI=1S/C14H18O2S2/c1-12(2)14(17-8-9-18-14)10-13(15,16-12)11-6-4-3-5-7-11/h3-7,15H,8-10H2,1-2H3. The molecule has 4 heteroatoms. The highest BCUT2D eigenvalue weighted by Crippen LogP contribution is 2.63. The van der Waals surface area contributed by atoms with Crippen LogP contribution in [0.1, 0.15) is 25.8 Å². The minimum atomic E-state index is -1.14. The molecule has 1 aromatic carbocycles. The highest BCUT2D eigenvalue weighted by atomic mass is 32.2. The summed E-state index contributed by atoms with van der Waals surface area (Å²) in [6.45, 7) is 4.19. The van der Waals surface area contributed by atoms with E-state index in [1.54, 1.807) is 0 Å². The van der Waals surface area contributed by atoms with Gasteiger partial charge in [-0.2, -0.15) is 0 Å². The molecular weight excluding hydrogens is 264 g/mol. The summed E-state index contributed by atoms with van der Waals surface area (Å²) in [5.74, 6) is 1.14. The second-order valence-corrected chi connectivity index (χ2v) is 8.44. The van der Waals surface area contributed by atoms with Crippen molar-refractivity contribution in [2.75, 3.05) is 11.5 Å². The van der Waals surface area contributed by atoms with Crippen molar-refractivity contribution in [2.24, 2.45) is 0 Å². The van der Waals surface area contributed by atoms with E-state index in [-0.39, 0.29) is 9.68 Å². The molecule has 0 bridgehead atoms. The molecule has 2 nitrogen and oxygen atoms in total. The van der Waals surface area contributed by atoms with Gasteiger partial charge in [-0.25, -0.2) is 0 Å². The lowest BCUT2D eigenvalue weighted by Gasteiger charge is -2.34. The molecule has 2 saturated heterocycles. The Kier molecular flexibility index (Phi) is 2.98. The summed E-state index contributed by atoms with van der Waals surface area (Å²) in [6, 6.07) is 9.74. The fourth-order valence-electron chi connectivity index (χ4n) is 2.83. The topological polar surface area (TPSA) is 29.5 Å². The Morgan fingerprint density at radius 1 is 1.11 bits per heavy atom. The fourth-order valence-corrected chi connectivity index (χ4v) is 6.36. The summed E-state index contributed by atoms with van der Waals surface area (Å²) in [7, 11) is 0. The van der Waals surface area contributed by atoms with Gasteiger partial charge in [0.05, 0.1) is 9.68 Å². The molecule has 2 heterocycles. The number of thioether (sulfide) groups is 2. The van der Waals surface area contributed by atoms with Gasteiger partial charge in [-0.05, 0) is 13.8 Å². The highest BCUT2D eigenvalue weighted by Gasteiger charge is 2.62. The first kappa shape index (κ1) is 12.9. The summed E-state index contributed by atoms with van der Waals surface area (Å²) in [4.78, 5) is 0. The van der Waals surface area contributed by atoms with Gasteiger partial charge in [-0.1, -0.05) is 30.3 Å². The van der Waals surface area contributed by atoms with Crippen LogP contribution in [0.15, 0.2) is 30.3 Å². The predicted molar refractivity (Wildman–Crippen MR) is 77.8 cm³/mol. The van der Waals surface area contributed by atoms with Crippen LogP contribution in [-0.2, 0) is 10.5 Å². The first-order valence-electron chi connectivity index (χ1n) is 6.24. The number of aliphatic hydroxyl groups is 1. The van der Waals surface area contributed by atoms with Crippen LogP contribution in [0.25, 0.3) is 0 Å². The zero-order valence-electron chi connectivity index (χ0n) is 10.7. The average molecular weight is 282 g/mol. The first-order chi connectivity index (χ1) is 8.48. The molecule has 0 aromatic heterocycles. The van der Waals surface area contributed by atoms with Crippen molar-refractivity contribution in [3.8, 4) is 0 Å².